The highest BCUT2D eigenvalue weighted by atomic mass is 79.9. The Morgan fingerprint density at radius 1 is 1.26 bits per heavy atom. The number of amides is 1. The number of piperidine rings is 1. The topological polar surface area (TPSA) is 50.2 Å². The van der Waals surface area contributed by atoms with E-state index in [4.69, 9.17) is 0 Å². The van der Waals surface area contributed by atoms with Crippen LogP contribution < -0.4 is 5.32 Å². The molecule has 1 aromatic heterocycles. The molecule has 1 saturated heterocycles. The van der Waals surface area contributed by atoms with Crippen molar-refractivity contribution in [2.45, 2.75) is 18.9 Å². The van der Waals surface area contributed by atoms with Crippen LogP contribution in [0.25, 0.3) is 5.69 Å². The van der Waals surface area contributed by atoms with Crippen LogP contribution in [-0.4, -0.2) is 46.8 Å². The lowest BCUT2D eigenvalue weighted by Gasteiger charge is -2.31. The molecule has 1 aliphatic heterocycles. The Balaban J connectivity index is 0.00000192. The van der Waals surface area contributed by atoms with E-state index < -0.39 is 0 Å². The molecule has 2 aromatic rings. The van der Waals surface area contributed by atoms with Crippen LogP contribution in [-0.2, 0) is 0 Å². The van der Waals surface area contributed by atoms with Crippen molar-refractivity contribution in [1.29, 1.82) is 0 Å². The van der Waals surface area contributed by atoms with Crippen molar-refractivity contribution in [2.24, 2.45) is 0 Å². The van der Waals surface area contributed by atoms with E-state index in [1.54, 1.807) is 17.1 Å². The fourth-order valence-corrected chi connectivity index (χ4v) is 2.99. The highest BCUT2D eigenvalue weighted by Crippen LogP contribution is 2.16. The molecule has 23 heavy (non-hydrogen) atoms. The molecule has 1 N–H and O–H groups in total. The van der Waals surface area contributed by atoms with Crippen molar-refractivity contribution in [3.63, 3.8) is 0 Å². The van der Waals surface area contributed by atoms with E-state index in [0.717, 1.165) is 36.1 Å². The Kier molecular flexibility index (Phi) is 6.21. The van der Waals surface area contributed by atoms with Gasteiger partial charge in [-0.2, -0.15) is 5.10 Å². The number of aromatic nitrogens is 2. The van der Waals surface area contributed by atoms with Gasteiger partial charge in [0.15, 0.2) is 0 Å². The Morgan fingerprint density at radius 2 is 1.91 bits per heavy atom. The first-order valence-corrected chi connectivity index (χ1v) is 8.24. The van der Waals surface area contributed by atoms with E-state index in [1.807, 2.05) is 36.2 Å². The molecular formula is C16H20BrClN4O. The summed E-state index contributed by atoms with van der Waals surface area (Å²) >= 11 is 3.41. The van der Waals surface area contributed by atoms with Crippen molar-refractivity contribution in [1.82, 2.24) is 20.0 Å². The molecule has 7 heteroatoms. The average molecular weight is 400 g/mol. The molecule has 0 aliphatic carbocycles. The third-order valence-electron chi connectivity index (χ3n) is 4.11. The number of likely N-dealkylation sites (tertiary alicyclic amines) is 1. The molecule has 0 radical (unpaired) electrons. The standard InChI is InChI=1S/C16H19BrN4O.ClH/c1-18-14-6-8-20(9-7-14)16(22)12-10-19-21(11-12)15-4-2-13(17)3-5-15;/h2-5,10-11,14,18H,6-9H2,1H3;1H. The van der Waals surface area contributed by atoms with Crippen LogP contribution in [0.15, 0.2) is 41.1 Å². The number of carbonyl (C=O) groups excluding carboxylic acids is 1. The van der Waals surface area contributed by atoms with Gasteiger partial charge < -0.3 is 10.2 Å². The van der Waals surface area contributed by atoms with Crippen molar-refractivity contribution in [3.05, 3.63) is 46.7 Å². The Morgan fingerprint density at radius 3 is 2.52 bits per heavy atom. The molecule has 2 heterocycles. The molecule has 0 bridgehead atoms. The number of nitrogens with one attached hydrogen (secondary N) is 1. The van der Waals surface area contributed by atoms with Gasteiger partial charge in [-0.05, 0) is 44.2 Å². The average Bonchev–Trinajstić information content (AvgIpc) is 3.05. The van der Waals surface area contributed by atoms with E-state index in [-0.39, 0.29) is 18.3 Å². The van der Waals surface area contributed by atoms with Crippen LogP contribution in [0.3, 0.4) is 0 Å². The van der Waals surface area contributed by atoms with Gasteiger partial charge in [0.05, 0.1) is 17.4 Å². The normalized spacial score (nSPS) is 15.3. The van der Waals surface area contributed by atoms with Crippen molar-refractivity contribution >= 4 is 34.2 Å². The van der Waals surface area contributed by atoms with Crippen LogP contribution in [0.1, 0.15) is 23.2 Å². The Hall–Kier alpha value is -1.37. The maximum Gasteiger partial charge on any atom is 0.257 e. The molecule has 0 atom stereocenters. The summed E-state index contributed by atoms with van der Waals surface area (Å²) in [6.07, 6.45) is 5.45. The second-order valence-corrected chi connectivity index (χ2v) is 6.42. The van der Waals surface area contributed by atoms with Crippen LogP contribution in [0.2, 0.25) is 0 Å². The smallest absolute Gasteiger partial charge is 0.257 e. The summed E-state index contributed by atoms with van der Waals surface area (Å²) in [7, 11) is 1.98. The van der Waals surface area contributed by atoms with E-state index in [9.17, 15) is 4.79 Å². The summed E-state index contributed by atoms with van der Waals surface area (Å²) < 4.78 is 2.76. The number of nitrogens with zero attached hydrogens (tertiary/aromatic N) is 3. The fourth-order valence-electron chi connectivity index (χ4n) is 2.72. The second-order valence-electron chi connectivity index (χ2n) is 5.51. The van der Waals surface area contributed by atoms with Gasteiger partial charge in [0.1, 0.15) is 0 Å². The van der Waals surface area contributed by atoms with Crippen LogP contribution in [0.4, 0.5) is 0 Å². The molecular weight excluding hydrogens is 380 g/mol. The molecule has 1 aliphatic rings. The molecule has 1 amide bonds. The molecule has 1 fully saturated rings. The number of carbonyl (C=O) groups is 1. The maximum atomic E-state index is 12.5. The first kappa shape index (κ1) is 18.0. The molecule has 5 nitrogen and oxygen atoms in total. The highest BCUT2D eigenvalue weighted by Gasteiger charge is 2.23. The van der Waals surface area contributed by atoms with Gasteiger partial charge in [0, 0.05) is 29.8 Å². The molecule has 0 saturated carbocycles. The Bertz CT molecular complexity index is 650. The van der Waals surface area contributed by atoms with E-state index >= 15 is 0 Å². The largest absolute Gasteiger partial charge is 0.338 e. The second kappa shape index (κ2) is 7.95. The fraction of sp³-hybridized carbons (Fsp3) is 0.375. The van der Waals surface area contributed by atoms with Crippen LogP contribution in [0.5, 0.6) is 0 Å². The van der Waals surface area contributed by atoms with Crippen LogP contribution in [0, 0.1) is 0 Å². The quantitative estimate of drug-likeness (QED) is 0.863. The minimum atomic E-state index is 0. The first-order chi connectivity index (χ1) is 10.7. The molecule has 124 valence electrons. The summed E-state index contributed by atoms with van der Waals surface area (Å²) in [5, 5.41) is 7.58. The lowest BCUT2D eigenvalue weighted by Crippen LogP contribution is -2.43. The monoisotopic (exact) mass is 398 g/mol. The maximum absolute atomic E-state index is 12.5. The third kappa shape index (κ3) is 4.13. The van der Waals surface area contributed by atoms with Gasteiger partial charge in [-0.3, -0.25) is 4.79 Å². The number of halogens is 2. The summed E-state index contributed by atoms with van der Waals surface area (Å²) in [4.78, 5) is 14.5. The summed E-state index contributed by atoms with van der Waals surface area (Å²) in [5.74, 6) is 0.0675. The van der Waals surface area contributed by atoms with Crippen LogP contribution >= 0.6 is 28.3 Å². The number of rotatable bonds is 3. The lowest BCUT2D eigenvalue weighted by atomic mass is 10.0. The highest BCUT2D eigenvalue weighted by molar-refractivity contribution is 9.10. The van der Waals surface area contributed by atoms with Gasteiger partial charge in [0.25, 0.3) is 5.91 Å². The van der Waals surface area contributed by atoms with Gasteiger partial charge >= 0.3 is 0 Å². The van der Waals surface area contributed by atoms with Crippen molar-refractivity contribution in [3.8, 4) is 5.69 Å². The zero-order valence-electron chi connectivity index (χ0n) is 12.9. The van der Waals surface area contributed by atoms with Crippen molar-refractivity contribution < 1.29 is 4.79 Å². The number of hydrogen-bond donors (Lipinski definition) is 1. The number of benzene rings is 1. The SMILES string of the molecule is CNC1CCN(C(=O)c2cnn(-c3ccc(Br)cc3)c2)CC1.Cl. The predicted molar refractivity (Wildman–Crippen MR) is 96.5 cm³/mol. The third-order valence-corrected chi connectivity index (χ3v) is 4.64. The summed E-state index contributed by atoms with van der Waals surface area (Å²) in [6, 6.07) is 8.37. The van der Waals surface area contributed by atoms with Gasteiger partial charge in [0.2, 0.25) is 0 Å². The van der Waals surface area contributed by atoms with Gasteiger partial charge in [-0.15, -0.1) is 12.4 Å². The molecule has 1 aromatic carbocycles. The molecule has 3 rings (SSSR count). The predicted octanol–water partition coefficient (Wildman–Crippen LogP) is 2.88. The van der Waals surface area contributed by atoms with E-state index in [0.29, 0.717) is 11.6 Å². The molecule has 0 spiro atoms. The zero-order chi connectivity index (χ0) is 15.5. The van der Waals surface area contributed by atoms with Gasteiger partial charge in [-0.1, -0.05) is 15.9 Å². The lowest BCUT2D eigenvalue weighted by molar-refractivity contribution is 0.0707. The molecule has 0 unspecified atom stereocenters. The van der Waals surface area contributed by atoms with Gasteiger partial charge in [-0.25, -0.2) is 4.68 Å². The minimum absolute atomic E-state index is 0. The summed E-state index contributed by atoms with van der Waals surface area (Å²) in [6.45, 7) is 1.60. The van der Waals surface area contributed by atoms with Crippen molar-refractivity contribution in [2.75, 3.05) is 20.1 Å². The number of hydrogen-bond acceptors (Lipinski definition) is 3. The first-order valence-electron chi connectivity index (χ1n) is 7.44. The van der Waals surface area contributed by atoms with E-state index in [2.05, 4.69) is 26.3 Å². The minimum Gasteiger partial charge on any atom is -0.338 e. The zero-order valence-corrected chi connectivity index (χ0v) is 15.3. The summed E-state index contributed by atoms with van der Waals surface area (Å²) in [5.41, 5.74) is 1.59. The van der Waals surface area contributed by atoms with E-state index in [1.165, 1.54) is 0 Å². The Labute approximate surface area is 150 Å².